The molecule has 1 aromatic rings. The number of hydrogen-bond acceptors (Lipinski definition) is 4. The molecule has 1 spiro atoms. The van der Waals surface area contributed by atoms with Gasteiger partial charge in [0.1, 0.15) is 0 Å². The van der Waals surface area contributed by atoms with Crippen LogP contribution in [0.2, 0.25) is 0 Å². The monoisotopic (exact) mass is 264 g/mol. The Hall–Kier alpha value is -0.940. The zero-order valence-corrected chi connectivity index (χ0v) is 11.7. The third kappa shape index (κ3) is 2.41. The molecule has 3 rings (SSSR count). The summed E-state index contributed by atoms with van der Waals surface area (Å²) in [6, 6.07) is 0.634. The van der Waals surface area contributed by atoms with Crippen LogP contribution in [0, 0.1) is 5.41 Å². The minimum absolute atomic E-state index is 0.429. The summed E-state index contributed by atoms with van der Waals surface area (Å²) in [5.74, 6) is 0. The molecule has 2 atom stereocenters. The first kappa shape index (κ1) is 13.1. The van der Waals surface area contributed by atoms with Crippen LogP contribution < -0.4 is 5.32 Å². The van der Waals surface area contributed by atoms with E-state index >= 15 is 0 Å². The van der Waals surface area contributed by atoms with E-state index in [2.05, 4.69) is 22.6 Å². The largest absolute Gasteiger partial charge is 0.378 e. The van der Waals surface area contributed by atoms with Crippen molar-refractivity contribution in [2.45, 2.75) is 57.7 Å². The molecule has 106 valence electrons. The molecule has 2 aliphatic carbocycles. The van der Waals surface area contributed by atoms with Gasteiger partial charge in [-0.2, -0.15) is 0 Å². The Morgan fingerprint density at radius 1 is 1.42 bits per heavy atom. The van der Waals surface area contributed by atoms with Gasteiger partial charge in [-0.15, -0.1) is 5.10 Å². The van der Waals surface area contributed by atoms with Crippen LogP contribution in [0.3, 0.4) is 0 Å². The van der Waals surface area contributed by atoms with E-state index in [4.69, 9.17) is 4.74 Å². The van der Waals surface area contributed by atoms with Gasteiger partial charge in [0, 0.05) is 30.8 Å². The first-order valence-corrected chi connectivity index (χ1v) is 7.54. The summed E-state index contributed by atoms with van der Waals surface area (Å²) in [4.78, 5) is 0. The van der Waals surface area contributed by atoms with Crippen LogP contribution in [0.4, 0.5) is 0 Å². The topological polar surface area (TPSA) is 52.0 Å². The summed E-state index contributed by atoms with van der Waals surface area (Å²) in [5, 5.41) is 11.5. The molecule has 5 nitrogen and oxygen atoms in total. The highest BCUT2D eigenvalue weighted by Crippen LogP contribution is 2.54. The van der Waals surface area contributed by atoms with E-state index in [1.807, 2.05) is 10.9 Å². The molecule has 2 fully saturated rings. The maximum atomic E-state index is 5.93. The maximum Gasteiger partial charge on any atom is 0.0692 e. The predicted molar refractivity (Wildman–Crippen MR) is 72.7 cm³/mol. The smallest absolute Gasteiger partial charge is 0.0692 e. The third-order valence-corrected chi connectivity index (χ3v) is 4.89. The van der Waals surface area contributed by atoms with Crippen molar-refractivity contribution in [3.05, 3.63) is 12.4 Å². The first-order valence-electron chi connectivity index (χ1n) is 7.54. The molecule has 2 saturated carbocycles. The summed E-state index contributed by atoms with van der Waals surface area (Å²) in [6.07, 6.45) is 10.7. The first-order chi connectivity index (χ1) is 9.35. The minimum Gasteiger partial charge on any atom is -0.378 e. The van der Waals surface area contributed by atoms with Crippen molar-refractivity contribution in [1.29, 1.82) is 0 Å². The molecule has 0 bridgehead atoms. The Balaban J connectivity index is 1.51. The highest BCUT2D eigenvalue weighted by atomic mass is 16.5. The van der Waals surface area contributed by atoms with Crippen LogP contribution in [-0.2, 0) is 11.3 Å². The minimum atomic E-state index is 0.429. The van der Waals surface area contributed by atoms with E-state index in [1.54, 1.807) is 6.20 Å². The van der Waals surface area contributed by atoms with Gasteiger partial charge in [0.2, 0.25) is 0 Å². The molecule has 0 amide bonds. The number of rotatable bonds is 6. The van der Waals surface area contributed by atoms with E-state index < -0.39 is 0 Å². The van der Waals surface area contributed by atoms with Crippen LogP contribution in [0.15, 0.2) is 12.4 Å². The lowest BCUT2D eigenvalue weighted by molar-refractivity contribution is -0.130. The van der Waals surface area contributed by atoms with Crippen molar-refractivity contribution in [3.8, 4) is 0 Å². The van der Waals surface area contributed by atoms with Crippen LogP contribution in [0.5, 0.6) is 0 Å². The van der Waals surface area contributed by atoms with Gasteiger partial charge in [-0.05, 0) is 26.2 Å². The lowest BCUT2D eigenvalue weighted by Crippen LogP contribution is -2.63. The zero-order valence-electron chi connectivity index (χ0n) is 11.7. The van der Waals surface area contributed by atoms with Gasteiger partial charge in [-0.1, -0.05) is 18.1 Å². The number of nitrogens with one attached hydrogen (secondary N) is 1. The molecule has 0 saturated heterocycles. The van der Waals surface area contributed by atoms with E-state index in [1.165, 1.54) is 32.1 Å². The Kier molecular flexibility index (Phi) is 3.84. The van der Waals surface area contributed by atoms with Crippen molar-refractivity contribution in [3.63, 3.8) is 0 Å². The zero-order chi connectivity index (χ0) is 13.1. The van der Waals surface area contributed by atoms with Crippen molar-refractivity contribution < 1.29 is 4.74 Å². The number of ether oxygens (including phenoxy) is 1. The van der Waals surface area contributed by atoms with Gasteiger partial charge in [0.15, 0.2) is 0 Å². The summed E-state index contributed by atoms with van der Waals surface area (Å²) in [5.41, 5.74) is 0.429. The van der Waals surface area contributed by atoms with Gasteiger partial charge in [0.25, 0.3) is 0 Å². The average molecular weight is 264 g/mol. The summed E-state index contributed by atoms with van der Waals surface area (Å²) < 4.78 is 7.81. The average Bonchev–Trinajstić information content (AvgIpc) is 3.09. The molecular formula is C14H24N4O. The van der Waals surface area contributed by atoms with E-state index in [0.29, 0.717) is 17.6 Å². The summed E-state index contributed by atoms with van der Waals surface area (Å²) >= 11 is 0. The predicted octanol–water partition coefficient (Wildman–Crippen LogP) is 1.61. The fourth-order valence-electron chi connectivity index (χ4n) is 3.88. The maximum absolute atomic E-state index is 5.93. The van der Waals surface area contributed by atoms with E-state index in [0.717, 1.165) is 19.7 Å². The van der Waals surface area contributed by atoms with Gasteiger partial charge < -0.3 is 10.1 Å². The van der Waals surface area contributed by atoms with Crippen LogP contribution in [0.25, 0.3) is 0 Å². The SMILES string of the molecule is CCOC1CC(NCCn2ccnn2)C12CCCC2. The molecule has 5 heteroatoms. The van der Waals surface area contributed by atoms with Gasteiger partial charge in [0.05, 0.1) is 18.8 Å². The highest BCUT2D eigenvalue weighted by Gasteiger charge is 2.56. The molecule has 0 aromatic carbocycles. The van der Waals surface area contributed by atoms with E-state index in [-0.39, 0.29) is 0 Å². The summed E-state index contributed by atoms with van der Waals surface area (Å²) in [6.45, 7) is 4.81. The van der Waals surface area contributed by atoms with Crippen molar-refractivity contribution in [2.75, 3.05) is 13.2 Å². The second kappa shape index (κ2) is 5.59. The fraction of sp³-hybridized carbons (Fsp3) is 0.857. The molecule has 0 radical (unpaired) electrons. The molecule has 0 aliphatic heterocycles. The Labute approximate surface area is 114 Å². The standard InChI is InChI=1S/C14H24N4O/c1-2-19-13-11-12(14(13)5-3-4-6-14)15-7-9-18-10-8-16-17-18/h8,10,12-13,15H,2-7,9,11H2,1H3. The number of hydrogen-bond donors (Lipinski definition) is 1. The van der Waals surface area contributed by atoms with Gasteiger partial charge in [-0.3, -0.25) is 4.68 Å². The van der Waals surface area contributed by atoms with Gasteiger partial charge in [-0.25, -0.2) is 0 Å². The highest BCUT2D eigenvalue weighted by molar-refractivity contribution is 5.09. The van der Waals surface area contributed by atoms with Crippen LogP contribution in [-0.4, -0.2) is 40.3 Å². The Bertz CT molecular complexity index is 386. The molecule has 1 aromatic heterocycles. The lowest BCUT2D eigenvalue weighted by Gasteiger charge is -2.54. The normalized spacial score (nSPS) is 28.7. The molecule has 1 heterocycles. The number of nitrogens with zero attached hydrogens (tertiary/aromatic N) is 3. The third-order valence-electron chi connectivity index (χ3n) is 4.89. The van der Waals surface area contributed by atoms with Crippen molar-refractivity contribution in [2.24, 2.45) is 5.41 Å². The van der Waals surface area contributed by atoms with Crippen molar-refractivity contribution >= 4 is 0 Å². The van der Waals surface area contributed by atoms with Crippen molar-refractivity contribution in [1.82, 2.24) is 20.3 Å². The molecule has 19 heavy (non-hydrogen) atoms. The second-order valence-corrected chi connectivity index (χ2v) is 5.79. The van der Waals surface area contributed by atoms with Crippen LogP contribution in [0.1, 0.15) is 39.0 Å². The van der Waals surface area contributed by atoms with Crippen LogP contribution >= 0.6 is 0 Å². The molecule has 1 N–H and O–H groups in total. The second-order valence-electron chi connectivity index (χ2n) is 5.79. The quantitative estimate of drug-likeness (QED) is 0.848. The fourth-order valence-corrected chi connectivity index (χ4v) is 3.88. The molecule has 2 unspecified atom stereocenters. The Morgan fingerprint density at radius 2 is 2.26 bits per heavy atom. The summed E-state index contributed by atoms with van der Waals surface area (Å²) in [7, 11) is 0. The number of aromatic nitrogens is 3. The Morgan fingerprint density at radius 3 is 2.95 bits per heavy atom. The van der Waals surface area contributed by atoms with E-state index in [9.17, 15) is 0 Å². The lowest BCUT2D eigenvalue weighted by atomic mass is 9.60. The van der Waals surface area contributed by atoms with Gasteiger partial charge >= 0.3 is 0 Å². The molecular weight excluding hydrogens is 240 g/mol. The molecule has 2 aliphatic rings.